The Balaban J connectivity index is 2.54. The molecule has 1 aromatic carbocycles. The van der Waals surface area contributed by atoms with Crippen LogP contribution in [0.5, 0.6) is 0 Å². The minimum atomic E-state index is 0.473. The van der Waals surface area contributed by atoms with Crippen LogP contribution in [0.15, 0.2) is 24.3 Å². The minimum Gasteiger partial charge on any atom is -0.236 e. The van der Waals surface area contributed by atoms with Crippen molar-refractivity contribution in [2.24, 2.45) is 0 Å². The fraction of sp³-hybridized carbons (Fsp3) is 0.286. The fourth-order valence-electron chi connectivity index (χ4n) is 1.93. The number of nitrogens with zero attached hydrogens (tertiary/aromatic N) is 2. The van der Waals surface area contributed by atoms with Gasteiger partial charge in [0.25, 0.3) is 0 Å². The molecule has 0 saturated heterocycles. The molecule has 0 saturated carbocycles. The molecule has 1 aromatic heterocycles. The zero-order valence-corrected chi connectivity index (χ0v) is 10.5. The highest BCUT2D eigenvalue weighted by atomic mass is 35.5. The molecule has 0 aliphatic carbocycles. The number of nitriles is 1. The first-order valence-electron chi connectivity index (χ1n) is 5.70. The molecule has 0 aliphatic rings. The van der Waals surface area contributed by atoms with E-state index in [1.807, 2.05) is 18.2 Å². The molecule has 0 aliphatic heterocycles. The Morgan fingerprint density at radius 1 is 1.35 bits per heavy atom. The summed E-state index contributed by atoms with van der Waals surface area (Å²) in [6.45, 7) is 2.11. The van der Waals surface area contributed by atoms with Gasteiger partial charge in [-0.15, -0.1) is 0 Å². The van der Waals surface area contributed by atoms with Gasteiger partial charge in [0, 0.05) is 11.8 Å². The van der Waals surface area contributed by atoms with Crippen LogP contribution in [0, 0.1) is 11.3 Å². The summed E-state index contributed by atoms with van der Waals surface area (Å²) >= 11 is 6.15. The Labute approximate surface area is 106 Å². The maximum atomic E-state index is 8.60. The number of hydrogen-bond donors (Lipinski definition) is 0. The molecule has 2 aromatic rings. The van der Waals surface area contributed by atoms with Gasteiger partial charge in [0.1, 0.15) is 5.15 Å². The highest BCUT2D eigenvalue weighted by Gasteiger charge is 2.07. The zero-order chi connectivity index (χ0) is 12.3. The van der Waals surface area contributed by atoms with E-state index in [1.165, 1.54) is 5.56 Å². The number of halogens is 1. The second kappa shape index (κ2) is 5.16. The number of benzene rings is 1. The third-order valence-electron chi connectivity index (χ3n) is 2.84. The van der Waals surface area contributed by atoms with Crippen molar-refractivity contribution >= 4 is 22.5 Å². The molecule has 0 amide bonds. The van der Waals surface area contributed by atoms with E-state index in [9.17, 15) is 0 Å². The third kappa shape index (κ3) is 2.40. The van der Waals surface area contributed by atoms with E-state index < -0.39 is 0 Å². The van der Waals surface area contributed by atoms with E-state index in [-0.39, 0.29) is 0 Å². The van der Waals surface area contributed by atoms with E-state index in [0.717, 1.165) is 22.9 Å². The van der Waals surface area contributed by atoms with Crippen LogP contribution in [0.25, 0.3) is 10.9 Å². The van der Waals surface area contributed by atoms with Crippen molar-refractivity contribution in [1.29, 1.82) is 5.26 Å². The second-order valence-electron chi connectivity index (χ2n) is 3.94. The number of para-hydroxylation sites is 1. The van der Waals surface area contributed by atoms with E-state index in [2.05, 4.69) is 24.0 Å². The lowest BCUT2D eigenvalue weighted by atomic mass is 10.0. The van der Waals surface area contributed by atoms with Crippen LogP contribution in [-0.4, -0.2) is 4.98 Å². The molecule has 1 heterocycles. The third-order valence-corrected chi connectivity index (χ3v) is 3.17. The quantitative estimate of drug-likeness (QED) is 0.768. The smallest absolute Gasteiger partial charge is 0.133 e. The van der Waals surface area contributed by atoms with Crippen molar-refractivity contribution in [3.8, 4) is 6.07 Å². The summed E-state index contributed by atoms with van der Waals surface area (Å²) in [6.07, 6.45) is 2.08. The van der Waals surface area contributed by atoms with E-state index in [0.29, 0.717) is 18.0 Å². The zero-order valence-electron chi connectivity index (χ0n) is 9.70. The van der Waals surface area contributed by atoms with Gasteiger partial charge in [0.15, 0.2) is 0 Å². The lowest BCUT2D eigenvalue weighted by Gasteiger charge is -2.07. The molecule has 0 atom stereocenters. The van der Waals surface area contributed by atoms with E-state index in [4.69, 9.17) is 16.9 Å². The number of hydrogen-bond acceptors (Lipinski definition) is 2. The maximum Gasteiger partial charge on any atom is 0.133 e. The summed E-state index contributed by atoms with van der Waals surface area (Å²) in [5.41, 5.74) is 3.13. The highest BCUT2D eigenvalue weighted by molar-refractivity contribution is 6.30. The largest absolute Gasteiger partial charge is 0.236 e. The Morgan fingerprint density at radius 3 is 2.88 bits per heavy atom. The van der Waals surface area contributed by atoms with Crippen molar-refractivity contribution < 1.29 is 0 Å². The predicted molar refractivity (Wildman–Crippen MR) is 70.1 cm³/mol. The van der Waals surface area contributed by atoms with Crippen molar-refractivity contribution in [2.45, 2.75) is 26.2 Å². The standard InChI is InChI=1S/C14H13ClN2/c1-2-10-5-3-6-11-9-12(7-4-8-16)14(15)17-13(10)11/h3,5-6,9H,2,4,7H2,1H3. The van der Waals surface area contributed by atoms with Crippen molar-refractivity contribution in [2.75, 3.05) is 0 Å². The molecule has 0 N–H and O–H groups in total. The molecular weight excluding hydrogens is 232 g/mol. The van der Waals surface area contributed by atoms with Gasteiger partial charge in [-0.3, -0.25) is 0 Å². The average Bonchev–Trinajstić information content (AvgIpc) is 2.35. The molecule has 3 heteroatoms. The second-order valence-corrected chi connectivity index (χ2v) is 4.30. The van der Waals surface area contributed by atoms with Crippen LogP contribution in [0.4, 0.5) is 0 Å². The molecular formula is C14H13ClN2. The van der Waals surface area contributed by atoms with E-state index >= 15 is 0 Å². The predicted octanol–water partition coefficient (Wildman–Crippen LogP) is 3.91. The van der Waals surface area contributed by atoms with Crippen LogP contribution < -0.4 is 0 Å². The summed E-state index contributed by atoms with van der Waals surface area (Å²) in [6, 6.07) is 10.3. The van der Waals surface area contributed by atoms with Crippen LogP contribution >= 0.6 is 11.6 Å². The number of rotatable bonds is 3. The number of fused-ring (bicyclic) bond motifs is 1. The lowest BCUT2D eigenvalue weighted by molar-refractivity contribution is 1.00. The molecule has 0 unspecified atom stereocenters. The van der Waals surface area contributed by atoms with Crippen LogP contribution in [0.1, 0.15) is 24.5 Å². The van der Waals surface area contributed by atoms with Gasteiger partial charge in [-0.25, -0.2) is 4.98 Å². The summed E-state index contributed by atoms with van der Waals surface area (Å²) in [5.74, 6) is 0. The molecule has 86 valence electrons. The Kier molecular flexibility index (Phi) is 3.61. The fourth-order valence-corrected chi connectivity index (χ4v) is 2.17. The lowest BCUT2D eigenvalue weighted by Crippen LogP contribution is -1.93. The van der Waals surface area contributed by atoms with Gasteiger partial charge in [-0.2, -0.15) is 5.26 Å². The topological polar surface area (TPSA) is 36.7 Å². The number of pyridine rings is 1. The first kappa shape index (κ1) is 11.9. The minimum absolute atomic E-state index is 0.473. The Bertz CT molecular complexity index is 585. The molecule has 0 radical (unpaired) electrons. The summed E-state index contributed by atoms with van der Waals surface area (Å²) in [7, 11) is 0. The van der Waals surface area contributed by atoms with Gasteiger partial charge >= 0.3 is 0 Å². The van der Waals surface area contributed by atoms with Crippen molar-refractivity contribution in [1.82, 2.24) is 4.98 Å². The van der Waals surface area contributed by atoms with Crippen molar-refractivity contribution in [3.63, 3.8) is 0 Å². The first-order valence-corrected chi connectivity index (χ1v) is 6.08. The Hall–Kier alpha value is -1.59. The average molecular weight is 245 g/mol. The molecule has 17 heavy (non-hydrogen) atoms. The van der Waals surface area contributed by atoms with Crippen LogP contribution in [-0.2, 0) is 12.8 Å². The molecule has 0 spiro atoms. The maximum absolute atomic E-state index is 8.60. The summed E-state index contributed by atoms with van der Waals surface area (Å²) in [4.78, 5) is 4.46. The molecule has 0 bridgehead atoms. The Morgan fingerprint density at radius 2 is 2.18 bits per heavy atom. The highest BCUT2D eigenvalue weighted by Crippen LogP contribution is 2.24. The van der Waals surface area contributed by atoms with Crippen molar-refractivity contribution in [3.05, 3.63) is 40.5 Å². The number of aryl methyl sites for hydroxylation is 2. The van der Waals surface area contributed by atoms with Gasteiger partial charge in [0.05, 0.1) is 11.6 Å². The monoisotopic (exact) mass is 244 g/mol. The van der Waals surface area contributed by atoms with E-state index in [1.54, 1.807) is 0 Å². The van der Waals surface area contributed by atoms with Crippen LogP contribution in [0.3, 0.4) is 0 Å². The van der Waals surface area contributed by atoms with Gasteiger partial charge in [0.2, 0.25) is 0 Å². The first-order chi connectivity index (χ1) is 8.26. The van der Waals surface area contributed by atoms with Gasteiger partial charge in [-0.1, -0.05) is 36.7 Å². The van der Waals surface area contributed by atoms with Crippen LogP contribution in [0.2, 0.25) is 5.15 Å². The molecule has 2 nitrogen and oxygen atoms in total. The van der Waals surface area contributed by atoms with Gasteiger partial charge < -0.3 is 0 Å². The summed E-state index contributed by atoms with van der Waals surface area (Å²) in [5, 5.41) is 10.2. The van der Waals surface area contributed by atoms with Gasteiger partial charge in [-0.05, 0) is 30.0 Å². The molecule has 2 rings (SSSR count). The molecule has 0 fully saturated rings. The number of aromatic nitrogens is 1. The normalized spacial score (nSPS) is 10.4. The SMILES string of the molecule is CCc1cccc2cc(CCC#N)c(Cl)nc12. The summed E-state index contributed by atoms with van der Waals surface area (Å²) < 4.78 is 0.